The van der Waals surface area contributed by atoms with Gasteiger partial charge in [-0.3, -0.25) is 14.4 Å². The van der Waals surface area contributed by atoms with Crippen LogP contribution in [0.4, 0.5) is 0 Å². The van der Waals surface area contributed by atoms with Gasteiger partial charge in [0, 0.05) is 23.7 Å². The number of furan rings is 1. The van der Waals surface area contributed by atoms with Crippen LogP contribution in [0, 0.1) is 28.6 Å². The summed E-state index contributed by atoms with van der Waals surface area (Å²) in [6.07, 6.45) is 7.01. The summed E-state index contributed by atoms with van der Waals surface area (Å²) in [6, 6.07) is 3.01. The maximum atomic E-state index is 14.0. The topological polar surface area (TPSA) is 120 Å². The first kappa shape index (κ1) is 26.9. The average molecular weight is 545 g/mol. The van der Waals surface area contributed by atoms with Crippen LogP contribution in [0.5, 0.6) is 0 Å². The standard InChI is InChI=1S/C29H33ClO8/c1-16-12-21-20-8-7-18-13-19(32)9-10-26(18,3)28(20,30)23(33)14-27(21,4)29(16,24(34)15-37-17(2)31)38-25(35)22-6-5-11-36-22/h5-6,9-11,13,16,20-21,23,33H,7-8,12,14-15H2,1-4H3/t16-,20?,21?,23?,26?,27?,28+,29+/m1/s1. The van der Waals surface area contributed by atoms with Gasteiger partial charge in [-0.1, -0.05) is 32.4 Å². The van der Waals surface area contributed by atoms with Crippen molar-refractivity contribution in [3.8, 4) is 0 Å². The molecule has 9 heteroatoms. The van der Waals surface area contributed by atoms with Crippen molar-refractivity contribution in [3.63, 3.8) is 0 Å². The molecule has 0 aromatic carbocycles. The third kappa shape index (κ3) is 3.45. The SMILES string of the molecule is CC(=O)OCC(=O)[C@@]1(OC(=O)c2ccco2)[C@H](C)CC2C3CCC4=CC(=O)C=CC4(C)[C@@]3(Cl)C(O)CC21C. The molecule has 1 heterocycles. The van der Waals surface area contributed by atoms with E-state index in [0.29, 0.717) is 19.3 Å². The Hall–Kier alpha value is -2.71. The summed E-state index contributed by atoms with van der Waals surface area (Å²) in [7, 11) is 0. The van der Waals surface area contributed by atoms with Crippen molar-refractivity contribution in [3.05, 3.63) is 48.0 Å². The summed E-state index contributed by atoms with van der Waals surface area (Å²) >= 11 is 7.50. The first-order valence-electron chi connectivity index (χ1n) is 13.1. The molecule has 204 valence electrons. The molecule has 3 saturated carbocycles. The summed E-state index contributed by atoms with van der Waals surface area (Å²) in [5, 5.41) is 11.8. The minimum Gasteiger partial charge on any atom is -0.458 e. The summed E-state index contributed by atoms with van der Waals surface area (Å²) in [4.78, 5) is 49.9. The van der Waals surface area contributed by atoms with Crippen LogP contribution < -0.4 is 0 Å². The van der Waals surface area contributed by atoms with Crippen molar-refractivity contribution >= 4 is 35.1 Å². The molecule has 4 aliphatic rings. The van der Waals surface area contributed by atoms with Gasteiger partial charge in [0.25, 0.3) is 0 Å². The Kier molecular flexibility index (Phi) is 6.31. The molecular weight excluding hydrogens is 512 g/mol. The molecule has 4 aliphatic carbocycles. The fraction of sp³-hybridized carbons (Fsp3) is 0.586. The third-order valence-corrected chi connectivity index (χ3v) is 10.9. The zero-order valence-electron chi connectivity index (χ0n) is 22.0. The molecular formula is C29H33ClO8. The van der Waals surface area contributed by atoms with E-state index in [4.69, 9.17) is 25.5 Å². The molecule has 0 aliphatic heterocycles. The first-order valence-corrected chi connectivity index (χ1v) is 13.4. The molecule has 1 N–H and O–H groups in total. The predicted molar refractivity (Wildman–Crippen MR) is 136 cm³/mol. The van der Waals surface area contributed by atoms with Gasteiger partial charge in [0.2, 0.25) is 11.5 Å². The Labute approximate surface area is 226 Å². The van der Waals surface area contributed by atoms with Crippen LogP contribution in [-0.4, -0.2) is 51.8 Å². The van der Waals surface area contributed by atoms with Crippen molar-refractivity contribution < 1.29 is 38.2 Å². The number of hydrogen-bond acceptors (Lipinski definition) is 8. The highest BCUT2D eigenvalue weighted by Gasteiger charge is 2.76. The van der Waals surface area contributed by atoms with E-state index in [-0.39, 0.29) is 29.8 Å². The zero-order valence-corrected chi connectivity index (χ0v) is 22.7. The highest BCUT2D eigenvalue weighted by Crippen LogP contribution is 2.72. The van der Waals surface area contributed by atoms with Gasteiger partial charge in [0.15, 0.2) is 18.0 Å². The Morgan fingerprint density at radius 1 is 1.24 bits per heavy atom. The van der Waals surface area contributed by atoms with E-state index in [1.165, 1.54) is 25.3 Å². The smallest absolute Gasteiger partial charge is 0.375 e. The molecule has 0 bridgehead atoms. The van der Waals surface area contributed by atoms with E-state index in [1.54, 1.807) is 12.1 Å². The van der Waals surface area contributed by atoms with Crippen molar-refractivity contribution in [1.29, 1.82) is 0 Å². The number of halogens is 1. The van der Waals surface area contributed by atoms with Crippen LogP contribution in [0.2, 0.25) is 0 Å². The minimum absolute atomic E-state index is 0.0519. The van der Waals surface area contributed by atoms with Crippen LogP contribution in [0.3, 0.4) is 0 Å². The Morgan fingerprint density at radius 2 is 1.97 bits per heavy atom. The summed E-state index contributed by atoms with van der Waals surface area (Å²) < 4.78 is 16.5. The number of Topliss-reactive ketones (excluding diaryl/α,β-unsaturated/α-hetero) is 1. The van der Waals surface area contributed by atoms with Crippen molar-refractivity contribution in [2.75, 3.05) is 6.61 Å². The van der Waals surface area contributed by atoms with E-state index in [0.717, 1.165) is 5.57 Å². The predicted octanol–water partition coefficient (Wildman–Crippen LogP) is 4.19. The number of carbonyl (C=O) groups is 4. The van der Waals surface area contributed by atoms with E-state index in [2.05, 4.69) is 0 Å². The highest BCUT2D eigenvalue weighted by molar-refractivity contribution is 6.26. The summed E-state index contributed by atoms with van der Waals surface area (Å²) in [5.41, 5.74) is -2.56. The lowest BCUT2D eigenvalue weighted by Crippen LogP contribution is -2.69. The van der Waals surface area contributed by atoms with E-state index < -0.39 is 57.7 Å². The number of fused-ring (bicyclic) bond motifs is 5. The summed E-state index contributed by atoms with van der Waals surface area (Å²) in [6.45, 7) is 6.33. The van der Waals surface area contributed by atoms with Gasteiger partial charge in [-0.05, 0) is 61.8 Å². The van der Waals surface area contributed by atoms with Gasteiger partial charge in [-0.15, -0.1) is 11.6 Å². The van der Waals surface area contributed by atoms with Crippen molar-refractivity contribution in [2.45, 2.75) is 70.0 Å². The average Bonchev–Trinajstić information content (AvgIpc) is 3.46. The largest absolute Gasteiger partial charge is 0.458 e. The second-order valence-electron chi connectivity index (χ2n) is 11.7. The fourth-order valence-corrected chi connectivity index (χ4v) is 8.79. The van der Waals surface area contributed by atoms with Crippen molar-refractivity contribution in [2.24, 2.45) is 28.6 Å². The van der Waals surface area contributed by atoms with Gasteiger partial charge in [0.05, 0.1) is 17.2 Å². The fourth-order valence-electron chi connectivity index (χ4n) is 8.26. The second kappa shape index (κ2) is 8.91. The van der Waals surface area contributed by atoms with Gasteiger partial charge < -0.3 is 19.0 Å². The normalized spacial score (nSPS) is 41.4. The molecule has 8 atom stereocenters. The highest BCUT2D eigenvalue weighted by atomic mass is 35.5. The van der Waals surface area contributed by atoms with Gasteiger partial charge in [-0.2, -0.15) is 0 Å². The molecule has 0 radical (unpaired) electrons. The van der Waals surface area contributed by atoms with E-state index in [9.17, 15) is 24.3 Å². The third-order valence-electron chi connectivity index (χ3n) is 9.98. The maximum Gasteiger partial charge on any atom is 0.375 e. The van der Waals surface area contributed by atoms with Gasteiger partial charge in [-0.25, -0.2) is 4.79 Å². The molecule has 0 spiro atoms. The second-order valence-corrected chi connectivity index (χ2v) is 12.3. The van der Waals surface area contributed by atoms with Crippen LogP contribution in [0.25, 0.3) is 0 Å². The first-order chi connectivity index (χ1) is 17.8. The number of esters is 2. The lowest BCUT2D eigenvalue weighted by Gasteiger charge is -2.64. The van der Waals surface area contributed by atoms with Crippen LogP contribution >= 0.6 is 11.6 Å². The molecule has 1 aromatic rings. The number of ether oxygens (including phenoxy) is 2. The molecule has 8 nitrogen and oxygen atoms in total. The minimum atomic E-state index is -1.69. The summed E-state index contributed by atoms with van der Waals surface area (Å²) in [5.74, 6) is -3.01. The molecule has 38 heavy (non-hydrogen) atoms. The lowest BCUT2D eigenvalue weighted by atomic mass is 9.45. The number of aliphatic hydroxyl groups excluding tert-OH is 1. The van der Waals surface area contributed by atoms with Gasteiger partial charge in [0.1, 0.15) is 0 Å². The van der Waals surface area contributed by atoms with Gasteiger partial charge >= 0.3 is 11.9 Å². The zero-order chi connectivity index (χ0) is 27.7. The number of carbonyl (C=O) groups excluding carboxylic acids is 4. The monoisotopic (exact) mass is 544 g/mol. The Morgan fingerprint density at radius 3 is 2.63 bits per heavy atom. The number of rotatable bonds is 5. The number of ketones is 2. The molecule has 5 unspecified atom stereocenters. The van der Waals surface area contributed by atoms with Crippen LogP contribution in [0.1, 0.15) is 63.9 Å². The Balaban J connectivity index is 1.61. The number of hydrogen-bond donors (Lipinski definition) is 1. The van der Waals surface area contributed by atoms with Crippen molar-refractivity contribution in [1.82, 2.24) is 0 Å². The molecule has 0 saturated heterocycles. The maximum absolute atomic E-state index is 14.0. The lowest BCUT2D eigenvalue weighted by molar-refractivity contribution is -0.183. The van der Waals surface area contributed by atoms with E-state index in [1.807, 2.05) is 26.8 Å². The number of allylic oxidation sites excluding steroid dienone is 4. The molecule has 5 rings (SSSR count). The quantitative estimate of drug-likeness (QED) is 0.432. The van der Waals surface area contributed by atoms with E-state index >= 15 is 0 Å². The molecule has 3 fully saturated rings. The molecule has 1 aromatic heterocycles. The Bertz CT molecular complexity index is 1250. The van der Waals surface area contributed by atoms with Crippen LogP contribution in [0.15, 0.2) is 46.6 Å². The number of alkyl halides is 1. The molecule has 0 amide bonds. The number of aliphatic hydroxyl groups is 1. The van der Waals surface area contributed by atoms with Crippen LogP contribution in [-0.2, 0) is 23.9 Å².